The van der Waals surface area contributed by atoms with Crippen LogP contribution in [0.3, 0.4) is 0 Å². The average Bonchev–Trinajstić information content (AvgIpc) is 2.51. The second kappa shape index (κ2) is 4.12. The van der Waals surface area contributed by atoms with E-state index < -0.39 is 0 Å². The van der Waals surface area contributed by atoms with E-state index in [9.17, 15) is 9.59 Å². The maximum atomic E-state index is 11.3. The summed E-state index contributed by atoms with van der Waals surface area (Å²) in [6.07, 6.45) is 0.964. The zero-order valence-corrected chi connectivity index (χ0v) is 10.0. The molecular weight excluding hydrogens is 264 g/mol. The molecule has 5 heteroatoms. The molecule has 2 fully saturated rings. The number of hydrogen-bond acceptors (Lipinski definition) is 4. The summed E-state index contributed by atoms with van der Waals surface area (Å²) in [5, 5.41) is 0.181. The highest BCUT2D eigenvalue weighted by Crippen LogP contribution is 2.39. The van der Waals surface area contributed by atoms with Gasteiger partial charge >= 0.3 is 11.9 Å². The molecule has 4 nitrogen and oxygen atoms in total. The van der Waals surface area contributed by atoms with Crippen molar-refractivity contribution in [1.82, 2.24) is 0 Å². The molecule has 0 aromatic rings. The summed E-state index contributed by atoms with van der Waals surface area (Å²) in [7, 11) is 0. The number of hydrogen-bond donors (Lipinski definition) is 0. The third-order valence-corrected chi connectivity index (χ3v) is 3.54. The second-order valence-corrected chi connectivity index (χ2v) is 4.77. The number of esters is 2. The van der Waals surface area contributed by atoms with E-state index in [1.807, 2.05) is 6.92 Å². The van der Waals surface area contributed by atoms with Crippen LogP contribution in [0.4, 0.5) is 0 Å². The zero-order valence-electron chi connectivity index (χ0n) is 8.44. The molecule has 1 heterocycles. The van der Waals surface area contributed by atoms with Crippen LogP contribution in [0, 0.1) is 11.8 Å². The van der Waals surface area contributed by atoms with Gasteiger partial charge in [-0.25, -0.2) is 0 Å². The summed E-state index contributed by atoms with van der Waals surface area (Å²) >= 11 is 3.04. The Morgan fingerprint density at radius 2 is 2.33 bits per heavy atom. The first-order valence-corrected chi connectivity index (χ1v) is 6.20. The molecule has 0 aromatic carbocycles. The highest BCUT2D eigenvalue weighted by atomic mass is 79.9. The highest BCUT2D eigenvalue weighted by molar-refractivity contribution is 9.09. The van der Waals surface area contributed by atoms with E-state index in [-0.39, 0.29) is 41.3 Å². The molecule has 2 aliphatic rings. The monoisotopic (exact) mass is 276 g/mol. The smallest absolute Gasteiger partial charge is 0.316 e. The van der Waals surface area contributed by atoms with Gasteiger partial charge in [0.1, 0.15) is 17.5 Å². The van der Waals surface area contributed by atoms with E-state index in [4.69, 9.17) is 9.47 Å². The Bertz CT molecular complexity index is 291. The Balaban J connectivity index is 2.05. The fraction of sp³-hybridized carbons (Fsp3) is 0.800. The molecule has 4 unspecified atom stereocenters. The van der Waals surface area contributed by atoms with Gasteiger partial charge in [0.25, 0.3) is 0 Å². The molecule has 15 heavy (non-hydrogen) atoms. The van der Waals surface area contributed by atoms with Gasteiger partial charge in [0, 0.05) is 6.42 Å². The van der Waals surface area contributed by atoms with Crippen LogP contribution in [-0.2, 0) is 19.1 Å². The lowest BCUT2D eigenvalue weighted by Gasteiger charge is -2.30. The van der Waals surface area contributed by atoms with Gasteiger partial charge in [-0.2, -0.15) is 0 Å². The summed E-state index contributed by atoms with van der Waals surface area (Å²) < 4.78 is 10.5. The minimum Gasteiger partial charge on any atom is -0.458 e. The molecule has 4 atom stereocenters. The fourth-order valence-electron chi connectivity index (χ4n) is 2.39. The number of carbonyl (C=O) groups is 2. The first-order chi connectivity index (χ1) is 7.11. The van der Waals surface area contributed by atoms with E-state index in [1.165, 1.54) is 0 Å². The standard InChI is InChI=1S/C10H13BrO4/c1-5-2-6-3-7(14-10(6)13)9(5)15-8(12)4-11/h5-7,9H,2-4H2,1H3. The van der Waals surface area contributed by atoms with Crippen molar-refractivity contribution < 1.29 is 19.1 Å². The normalized spacial score (nSPS) is 38.7. The minimum absolute atomic E-state index is 0.0175. The summed E-state index contributed by atoms with van der Waals surface area (Å²) in [4.78, 5) is 22.5. The van der Waals surface area contributed by atoms with Crippen molar-refractivity contribution in [2.45, 2.75) is 32.0 Å². The van der Waals surface area contributed by atoms with E-state index in [2.05, 4.69) is 15.9 Å². The van der Waals surface area contributed by atoms with Gasteiger partial charge < -0.3 is 9.47 Å². The highest BCUT2D eigenvalue weighted by Gasteiger charge is 2.48. The van der Waals surface area contributed by atoms with Crippen molar-refractivity contribution in [2.75, 3.05) is 5.33 Å². The van der Waals surface area contributed by atoms with E-state index >= 15 is 0 Å². The average molecular weight is 277 g/mol. The SMILES string of the molecule is CC1CC2CC(OC2=O)C1OC(=O)CBr. The number of carbonyl (C=O) groups excluding carboxylic acids is 2. The van der Waals surface area contributed by atoms with Crippen LogP contribution in [0.1, 0.15) is 19.8 Å². The molecule has 2 rings (SSSR count). The zero-order chi connectivity index (χ0) is 11.0. The van der Waals surface area contributed by atoms with Crippen LogP contribution in [0.2, 0.25) is 0 Å². The van der Waals surface area contributed by atoms with Gasteiger partial charge in [0.2, 0.25) is 0 Å². The Morgan fingerprint density at radius 1 is 1.60 bits per heavy atom. The molecule has 1 saturated carbocycles. The summed E-state index contributed by atoms with van der Waals surface area (Å²) in [6, 6.07) is 0. The van der Waals surface area contributed by atoms with Gasteiger partial charge in [0.15, 0.2) is 0 Å². The molecule has 0 N–H and O–H groups in total. The van der Waals surface area contributed by atoms with Gasteiger partial charge in [-0.1, -0.05) is 22.9 Å². The number of rotatable bonds is 2. The van der Waals surface area contributed by atoms with Crippen molar-refractivity contribution in [1.29, 1.82) is 0 Å². The Labute approximate surface area is 96.4 Å². The minimum atomic E-state index is -0.298. The van der Waals surface area contributed by atoms with Gasteiger partial charge in [-0.15, -0.1) is 0 Å². The number of ether oxygens (including phenoxy) is 2. The first-order valence-electron chi connectivity index (χ1n) is 5.07. The van der Waals surface area contributed by atoms with Crippen LogP contribution < -0.4 is 0 Å². The van der Waals surface area contributed by atoms with Gasteiger partial charge in [-0.05, 0) is 12.3 Å². The van der Waals surface area contributed by atoms with Crippen molar-refractivity contribution in [3.8, 4) is 0 Å². The lowest BCUT2D eigenvalue weighted by Crippen LogP contribution is -2.39. The molecule has 0 amide bonds. The van der Waals surface area contributed by atoms with Gasteiger partial charge in [-0.3, -0.25) is 9.59 Å². The maximum absolute atomic E-state index is 11.3. The second-order valence-electron chi connectivity index (χ2n) is 4.21. The molecule has 0 aromatic heterocycles. The Morgan fingerprint density at radius 3 is 3.00 bits per heavy atom. The van der Waals surface area contributed by atoms with E-state index in [0.29, 0.717) is 6.42 Å². The summed E-state index contributed by atoms with van der Waals surface area (Å²) in [5.74, 6) is -0.218. The van der Waals surface area contributed by atoms with Crippen molar-refractivity contribution >= 4 is 27.9 Å². The lowest BCUT2D eigenvalue weighted by molar-refractivity contribution is -0.161. The third kappa shape index (κ3) is 2.02. The molecule has 1 aliphatic carbocycles. The predicted molar refractivity (Wildman–Crippen MR) is 55.4 cm³/mol. The molecule has 0 radical (unpaired) electrons. The topological polar surface area (TPSA) is 52.6 Å². The number of halogens is 1. The molecule has 2 bridgehead atoms. The van der Waals surface area contributed by atoms with Crippen LogP contribution in [-0.4, -0.2) is 29.5 Å². The van der Waals surface area contributed by atoms with Crippen LogP contribution in [0.25, 0.3) is 0 Å². The summed E-state index contributed by atoms with van der Waals surface area (Å²) in [5.41, 5.74) is 0. The molecular formula is C10H13BrO4. The molecule has 0 spiro atoms. The Kier molecular flexibility index (Phi) is 3.00. The first kappa shape index (κ1) is 10.9. The summed E-state index contributed by atoms with van der Waals surface area (Å²) in [6.45, 7) is 1.99. The Hall–Kier alpha value is -0.580. The number of fused-ring (bicyclic) bond motifs is 2. The quantitative estimate of drug-likeness (QED) is 0.563. The van der Waals surface area contributed by atoms with Crippen LogP contribution >= 0.6 is 15.9 Å². The van der Waals surface area contributed by atoms with Crippen LogP contribution in [0.5, 0.6) is 0 Å². The third-order valence-electron chi connectivity index (χ3n) is 3.08. The molecule has 84 valence electrons. The predicted octanol–water partition coefficient (Wildman–Crippen LogP) is 1.26. The van der Waals surface area contributed by atoms with Crippen molar-refractivity contribution in [3.05, 3.63) is 0 Å². The van der Waals surface area contributed by atoms with Crippen molar-refractivity contribution in [3.63, 3.8) is 0 Å². The van der Waals surface area contributed by atoms with Crippen LogP contribution in [0.15, 0.2) is 0 Å². The molecule has 1 saturated heterocycles. The maximum Gasteiger partial charge on any atom is 0.316 e. The lowest BCUT2D eigenvalue weighted by atomic mass is 9.81. The number of alkyl halides is 1. The molecule has 1 aliphatic heterocycles. The largest absolute Gasteiger partial charge is 0.458 e. The van der Waals surface area contributed by atoms with E-state index in [1.54, 1.807) is 0 Å². The van der Waals surface area contributed by atoms with Crippen molar-refractivity contribution in [2.24, 2.45) is 11.8 Å². The fourth-order valence-corrected chi connectivity index (χ4v) is 2.52. The van der Waals surface area contributed by atoms with E-state index in [0.717, 1.165) is 6.42 Å². The van der Waals surface area contributed by atoms with Gasteiger partial charge in [0.05, 0.1) is 5.92 Å².